The lowest BCUT2D eigenvalue weighted by Gasteiger charge is -2.41. The lowest BCUT2D eigenvalue weighted by atomic mass is 11.8. The zero-order valence-electron chi connectivity index (χ0n) is 13.9. The van der Waals surface area contributed by atoms with Gasteiger partial charge >= 0.3 is 17.1 Å². The monoisotopic (exact) mass is 446 g/mol. The Balaban J connectivity index is 4.92. The van der Waals surface area contributed by atoms with Crippen molar-refractivity contribution >= 4 is 80.2 Å². The van der Waals surface area contributed by atoms with Gasteiger partial charge < -0.3 is 12.3 Å². The summed E-state index contributed by atoms with van der Waals surface area (Å²) < 4.78 is 17.7. The minimum Gasteiger partial charge on any atom is -0.434 e. The maximum atomic E-state index is 6.27. The predicted molar refractivity (Wildman–Crippen MR) is 104 cm³/mol. The molecule has 128 valence electrons. The third-order valence-electron chi connectivity index (χ3n) is 2.56. The largest absolute Gasteiger partial charge is 0.434 e. The quantitative estimate of drug-likeness (QED) is 0.361. The summed E-state index contributed by atoms with van der Waals surface area (Å²) in [4.78, 5) is 0. The molecule has 0 aliphatic heterocycles. The molecule has 0 aliphatic rings. The van der Waals surface area contributed by atoms with Gasteiger partial charge in [-0.2, -0.15) is 0 Å². The first-order chi connectivity index (χ1) is 9.01. The molecule has 0 aromatic carbocycles. The van der Waals surface area contributed by atoms with Crippen LogP contribution in [-0.4, -0.2) is 42.7 Å². The second-order valence-corrected chi connectivity index (χ2v) is 26.2. The van der Waals surface area contributed by atoms with Gasteiger partial charge in [-0.1, -0.05) is 0 Å². The van der Waals surface area contributed by atoms with Gasteiger partial charge in [0.2, 0.25) is 16.6 Å². The Labute approximate surface area is 153 Å². The highest BCUT2D eigenvalue weighted by Gasteiger charge is 2.46. The van der Waals surface area contributed by atoms with E-state index in [0.29, 0.717) is 0 Å². The molecule has 0 radical (unpaired) electrons. The van der Waals surface area contributed by atoms with E-state index in [1.54, 1.807) is 0 Å². The van der Waals surface area contributed by atoms with E-state index >= 15 is 0 Å². The van der Waals surface area contributed by atoms with Crippen molar-refractivity contribution in [2.24, 2.45) is 0 Å². The van der Waals surface area contributed by atoms with Crippen LogP contribution in [0.1, 0.15) is 0 Å². The molecular formula is C10H26Cl4O3Si4. The third-order valence-corrected chi connectivity index (χ3v) is 23.0. The SMILES string of the molecule is C[Si](C)(O[Si](C)(C)O[Si](C)(C)C(Cl)Cl)O[Si](C)(C)C(Cl)Cl. The van der Waals surface area contributed by atoms with Crippen LogP contribution in [0.2, 0.25) is 52.4 Å². The van der Waals surface area contributed by atoms with Crippen LogP contribution in [0.4, 0.5) is 0 Å². The van der Waals surface area contributed by atoms with E-state index in [4.69, 9.17) is 58.7 Å². The highest BCUT2D eigenvalue weighted by atomic mass is 35.5. The molecule has 0 amide bonds. The first kappa shape index (κ1) is 22.9. The van der Waals surface area contributed by atoms with Crippen LogP contribution in [0.5, 0.6) is 0 Å². The molecule has 0 rings (SSSR count). The van der Waals surface area contributed by atoms with E-state index < -0.39 is 42.7 Å². The number of hydrogen-bond acceptors (Lipinski definition) is 3. The highest BCUT2D eigenvalue weighted by Crippen LogP contribution is 2.29. The van der Waals surface area contributed by atoms with Crippen molar-refractivity contribution < 1.29 is 12.3 Å². The molecule has 0 aromatic rings. The number of rotatable bonds is 8. The van der Waals surface area contributed by atoms with Crippen molar-refractivity contribution in [1.82, 2.24) is 0 Å². The summed E-state index contributed by atoms with van der Waals surface area (Å²) in [5, 5.41) is 0. The second kappa shape index (κ2) is 7.86. The molecule has 11 heteroatoms. The maximum absolute atomic E-state index is 6.27. The van der Waals surface area contributed by atoms with E-state index in [1.165, 1.54) is 0 Å². The number of alkyl halides is 4. The summed E-state index contributed by atoms with van der Waals surface area (Å²) in [6.45, 7) is 15.9. The van der Waals surface area contributed by atoms with E-state index in [2.05, 4.69) is 0 Å². The van der Waals surface area contributed by atoms with E-state index in [0.717, 1.165) is 0 Å². The average Bonchev–Trinajstić information content (AvgIpc) is 2.10. The van der Waals surface area contributed by atoms with Crippen LogP contribution in [0, 0.1) is 0 Å². The minimum atomic E-state index is -2.41. The van der Waals surface area contributed by atoms with Gasteiger partial charge in [0.15, 0.2) is 0 Å². The first-order valence-corrected chi connectivity index (χ1v) is 20.0. The molecule has 0 atom stereocenters. The Kier molecular flexibility index (Phi) is 8.57. The topological polar surface area (TPSA) is 27.7 Å². The van der Waals surface area contributed by atoms with E-state index in [9.17, 15) is 0 Å². The molecule has 0 fully saturated rings. The Morgan fingerprint density at radius 3 is 0.952 bits per heavy atom. The molecule has 0 aliphatic carbocycles. The fourth-order valence-electron chi connectivity index (χ4n) is 1.99. The molecule has 21 heavy (non-hydrogen) atoms. The molecular weight excluding hydrogens is 422 g/mol. The molecule has 0 spiro atoms. The lowest BCUT2D eigenvalue weighted by molar-refractivity contribution is 0.329. The number of hydrogen-bond donors (Lipinski definition) is 0. The van der Waals surface area contributed by atoms with Crippen LogP contribution in [0.3, 0.4) is 0 Å². The van der Waals surface area contributed by atoms with Gasteiger partial charge in [-0.15, -0.1) is 46.4 Å². The summed E-state index contributed by atoms with van der Waals surface area (Å²) in [6.07, 6.45) is 0. The molecule has 0 N–H and O–H groups in total. The molecule has 0 heterocycles. The van der Waals surface area contributed by atoms with Gasteiger partial charge in [0, 0.05) is 0 Å². The Morgan fingerprint density at radius 2 is 0.762 bits per heavy atom. The van der Waals surface area contributed by atoms with Gasteiger partial charge in [-0.3, -0.25) is 0 Å². The van der Waals surface area contributed by atoms with Crippen molar-refractivity contribution in [2.75, 3.05) is 0 Å². The van der Waals surface area contributed by atoms with Crippen LogP contribution < -0.4 is 0 Å². The van der Waals surface area contributed by atoms with Crippen molar-refractivity contribution in [1.29, 1.82) is 0 Å². The van der Waals surface area contributed by atoms with Crippen molar-refractivity contribution in [3.05, 3.63) is 0 Å². The standard InChI is InChI=1S/C10H26Cl4O3Si4/c1-18(2,9(11)12)15-20(5,6)17-21(7,8)16-19(3,4)10(13)14/h9-10H,1-8H3. The summed E-state index contributed by atoms with van der Waals surface area (Å²) >= 11 is 24.1. The smallest absolute Gasteiger partial charge is 0.312 e. The summed E-state index contributed by atoms with van der Waals surface area (Å²) in [5.41, 5.74) is 0. The van der Waals surface area contributed by atoms with Gasteiger partial charge in [-0.25, -0.2) is 0 Å². The summed E-state index contributed by atoms with van der Waals surface area (Å²) in [5.74, 6) is 0. The molecule has 3 nitrogen and oxygen atoms in total. The highest BCUT2D eigenvalue weighted by molar-refractivity contribution is 6.96. The van der Waals surface area contributed by atoms with Crippen LogP contribution in [-0.2, 0) is 12.3 Å². The predicted octanol–water partition coefficient (Wildman–Crippen LogP) is 5.54. The fourth-order valence-corrected chi connectivity index (χ4v) is 20.3. The molecule has 0 bridgehead atoms. The first-order valence-electron chi connectivity index (χ1n) is 6.67. The molecule has 0 aromatic heterocycles. The normalized spacial score (nSPS) is 15.1. The summed E-state index contributed by atoms with van der Waals surface area (Å²) in [6, 6.07) is 0. The minimum absolute atomic E-state index is 0.501. The van der Waals surface area contributed by atoms with Gasteiger partial charge in [0.05, 0.1) is 0 Å². The van der Waals surface area contributed by atoms with Gasteiger partial charge in [0.1, 0.15) is 8.92 Å². The molecule has 0 saturated carbocycles. The molecule has 0 saturated heterocycles. The average molecular weight is 448 g/mol. The van der Waals surface area contributed by atoms with Crippen molar-refractivity contribution in [3.8, 4) is 0 Å². The van der Waals surface area contributed by atoms with E-state index in [1.807, 2.05) is 52.4 Å². The van der Waals surface area contributed by atoms with Gasteiger partial charge in [0.25, 0.3) is 0 Å². The lowest BCUT2D eigenvalue weighted by Crippen LogP contribution is -2.58. The Morgan fingerprint density at radius 1 is 0.524 bits per heavy atom. The van der Waals surface area contributed by atoms with Crippen LogP contribution >= 0.6 is 46.4 Å². The van der Waals surface area contributed by atoms with E-state index in [-0.39, 0.29) is 0 Å². The third kappa shape index (κ3) is 8.53. The fraction of sp³-hybridized carbons (Fsp3) is 1.00. The van der Waals surface area contributed by atoms with Crippen LogP contribution in [0.25, 0.3) is 0 Å². The Hall–Kier alpha value is 1.91. The molecule has 0 unspecified atom stereocenters. The Bertz CT molecular complexity index is 319. The van der Waals surface area contributed by atoms with Crippen LogP contribution in [0.15, 0.2) is 0 Å². The summed E-state index contributed by atoms with van der Waals surface area (Å²) in [7, 11) is -9.22. The van der Waals surface area contributed by atoms with Crippen molar-refractivity contribution in [3.63, 3.8) is 0 Å². The van der Waals surface area contributed by atoms with Crippen molar-refractivity contribution in [2.45, 2.75) is 61.3 Å². The second-order valence-electron chi connectivity index (χ2n) is 6.91. The van der Waals surface area contributed by atoms with Gasteiger partial charge in [-0.05, 0) is 52.4 Å². The zero-order chi connectivity index (χ0) is 17.3. The maximum Gasteiger partial charge on any atom is 0.312 e. The zero-order valence-corrected chi connectivity index (χ0v) is 20.9. The number of halogens is 4.